The zero-order chi connectivity index (χ0) is 25.2. The summed E-state index contributed by atoms with van der Waals surface area (Å²) in [6, 6.07) is 4.23. The molecule has 0 aromatic carbocycles. The molecule has 0 amide bonds. The summed E-state index contributed by atoms with van der Waals surface area (Å²) >= 11 is 3.66. The summed E-state index contributed by atoms with van der Waals surface area (Å²) in [5.74, 6) is 1.65. The first-order chi connectivity index (χ1) is 15.9. The molecule has 2 heterocycles. The number of carbonyl (C=O) groups is 1. The topological polar surface area (TPSA) is 40.1 Å². The second-order valence-corrected chi connectivity index (χ2v) is 13.2. The smallest absolute Gasteiger partial charge is 0.218 e. The molecule has 0 spiro atoms. The third-order valence-electron chi connectivity index (χ3n) is 5.73. The number of Topliss-reactive ketones (excluding diaryl/α,β-unsaturated/α-hetero) is 1. The summed E-state index contributed by atoms with van der Waals surface area (Å²) in [5, 5.41) is 13.0. The van der Waals surface area contributed by atoms with Crippen molar-refractivity contribution in [2.45, 2.75) is 80.1 Å². The van der Waals surface area contributed by atoms with E-state index in [0.717, 1.165) is 24.0 Å². The van der Waals surface area contributed by atoms with Crippen molar-refractivity contribution in [2.24, 2.45) is 11.8 Å². The van der Waals surface area contributed by atoms with Gasteiger partial charge in [-0.1, -0.05) is 72.9 Å². The Morgan fingerprint density at radius 3 is 1.76 bits per heavy atom. The van der Waals surface area contributed by atoms with Crippen LogP contribution in [0.5, 0.6) is 0 Å². The van der Waals surface area contributed by atoms with Crippen LogP contribution < -0.4 is 5.11 Å². The van der Waals surface area contributed by atoms with Crippen LogP contribution in [0.3, 0.4) is 0 Å². The molecule has 0 unspecified atom stereocenters. The van der Waals surface area contributed by atoms with Crippen LogP contribution >= 0.6 is 23.1 Å². The van der Waals surface area contributed by atoms with Gasteiger partial charge in [-0.25, -0.2) is 0 Å². The van der Waals surface area contributed by atoms with Crippen LogP contribution in [0.15, 0.2) is 62.6 Å². The van der Waals surface area contributed by atoms with Gasteiger partial charge in [0.15, 0.2) is 5.78 Å². The van der Waals surface area contributed by atoms with E-state index in [0.29, 0.717) is 34.8 Å². The summed E-state index contributed by atoms with van der Waals surface area (Å²) in [7, 11) is 0. The van der Waals surface area contributed by atoms with E-state index >= 15 is 0 Å². The Labute approximate surface area is 214 Å². The molecule has 1 aromatic heterocycles. The normalized spacial score (nSPS) is 17.8. The van der Waals surface area contributed by atoms with Crippen LogP contribution in [-0.4, -0.2) is 5.78 Å². The molecule has 2 aliphatic rings. The van der Waals surface area contributed by atoms with E-state index < -0.39 is 0 Å². The molecule has 0 radical (unpaired) electrons. The maximum Gasteiger partial charge on any atom is 0.218 e. The highest BCUT2D eigenvalue weighted by Crippen LogP contribution is 2.40. The third kappa shape index (κ3) is 6.60. The molecule has 0 atom stereocenters. The lowest BCUT2D eigenvalue weighted by molar-refractivity contribution is -0.300. The van der Waals surface area contributed by atoms with Gasteiger partial charge in [0.1, 0.15) is 0 Å². The summed E-state index contributed by atoms with van der Waals surface area (Å²) in [4.78, 5) is 18.2. The van der Waals surface area contributed by atoms with Gasteiger partial charge in [0, 0.05) is 35.1 Å². The monoisotopic (exact) mass is 494 g/mol. The van der Waals surface area contributed by atoms with Gasteiger partial charge in [-0.15, -0.1) is 0 Å². The Morgan fingerprint density at radius 1 is 0.853 bits per heavy atom. The predicted octanol–water partition coefficient (Wildman–Crippen LogP) is 8.39. The number of carbonyl (C=O) groups excluding carboxylic acids is 1. The standard InChI is InChI=1S/C30H38O2S2/c1-17(2)9-23-11-21(12-24(33-23)10-18(3)4)13-25-29(31)26(30(25)32)14-22-15-27(19(5)6)34-28(16-22)20(7)8/h11-20H,9-10H2,1-8H3. The largest absolute Gasteiger partial charge is 0.871 e. The zero-order valence-corrected chi connectivity index (χ0v) is 23.5. The molecule has 2 nitrogen and oxygen atoms in total. The zero-order valence-electron chi connectivity index (χ0n) is 21.8. The highest BCUT2D eigenvalue weighted by Gasteiger charge is 2.27. The molecular weight excluding hydrogens is 456 g/mol. The van der Waals surface area contributed by atoms with Crippen LogP contribution in [0, 0.1) is 11.8 Å². The van der Waals surface area contributed by atoms with E-state index in [1.54, 1.807) is 12.2 Å². The number of thioether (sulfide) groups is 1. The Hall–Kier alpha value is -1.91. The van der Waals surface area contributed by atoms with Gasteiger partial charge in [0.2, 0.25) is 21.1 Å². The van der Waals surface area contributed by atoms with E-state index in [9.17, 15) is 9.90 Å². The molecule has 0 N–H and O–H groups in total. The van der Waals surface area contributed by atoms with Crippen LogP contribution in [0.25, 0.3) is 6.08 Å². The Bertz CT molecular complexity index is 1050. The van der Waals surface area contributed by atoms with Gasteiger partial charge in [-0.05, 0) is 69.9 Å². The first-order valence-corrected chi connectivity index (χ1v) is 14.0. The Kier molecular flexibility index (Phi) is 8.81. The molecule has 1 aliphatic carbocycles. The molecule has 34 heavy (non-hydrogen) atoms. The van der Waals surface area contributed by atoms with Gasteiger partial charge in [0.25, 0.3) is 0 Å². The average Bonchev–Trinajstić information content (AvgIpc) is 2.74. The molecule has 4 heteroatoms. The third-order valence-corrected chi connectivity index (χ3v) is 8.47. The van der Waals surface area contributed by atoms with Crippen molar-refractivity contribution in [3.63, 3.8) is 0 Å². The quantitative estimate of drug-likeness (QED) is 0.269. The van der Waals surface area contributed by atoms with Crippen molar-refractivity contribution >= 4 is 35.0 Å². The number of hydrogen-bond donors (Lipinski definition) is 0. The van der Waals surface area contributed by atoms with Crippen LogP contribution in [0.4, 0.5) is 0 Å². The molecule has 0 saturated heterocycles. The SMILES string of the molecule is CC(C)CC1=CC(=CC2=C([O-])C(=Cc3cc(C(C)C)[s+]c(C(C)C)c3)C2=O)C=C(CC(C)C)S1. The summed E-state index contributed by atoms with van der Waals surface area (Å²) in [6.45, 7) is 17.6. The van der Waals surface area contributed by atoms with Gasteiger partial charge in [-0.3, -0.25) is 4.79 Å². The lowest BCUT2D eigenvalue weighted by atomic mass is 9.85. The molecule has 182 valence electrons. The van der Waals surface area contributed by atoms with Gasteiger partial charge >= 0.3 is 0 Å². The van der Waals surface area contributed by atoms with Crippen molar-refractivity contribution in [2.75, 3.05) is 0 Å². The minimum Gasteiger partial charge on any atom is -0.871 e. The molecule has 1 aromatic rings. The van der Waals surface area contributed by atoms with Crippen LogP contribution in [0.2, 0.25) is 0 Å². The van der Waals surface area contributed by atoms with E-state index in [1.165, 1.54) is 19.6 Å². The van der Waals surface area contributed by atoms with E-state index in [2.05, 4.69) is 79.7 Å². The van der Waals surface area contributed by atoms with Gasteiger partial charge in [0.05, 0.1) is 0 Å². The first-order valence-electron chi connectivity index (χ1n) is 12.4. The molecule has 0 bridgehead atoms. The number of allylic oxidation sites excluding steroid dienone is 8. The fraction of sp³-hybridized carbons (Fsp3) is 0.467. The highest BCUT2D eigenvalue weighted by molar-refractivity contribution is 8.06. The summed E-state index contributed by atoms with van der Waals surface area (Å²) < 4.78 is 0. The molecule has 1 aliphatic heterocycles. The van der Waals surface area contributed by atoms with Gasteiger partial charge < -0.3 is 5.11 Å². The van der Waals surface area contributed by atoms with Crippen molar-refractivity contribution < 1.29 is 9.90 Å². The molecule has 0 saturated carbocycles. The maximum atomic E-state index is 13.0. The minimum atomic E-state index is -0.141. The maximum absolute atomic E-state index is 13.0. The Balaban J connectivity index is 1.96. The number of hydrogen-bond acceptors (Lipinski definition) is 3. The van der Waals surface area contributed by atoms with Crippen LogP contribution in [-0.2, 0) is 4.79 Å². The second-order valence-electron chi connectivity index (χ2n) is 10.8. The van der Waals surface area contributed by atoms with Gasteiger partial charge in [-0.2, -0.15) is 0 Å². The van der Waals surface area contributed by atoms with Crippen molar-refractivity contribution in [1.29, 1.82) is 0 Å². The fourth-order valence-electron chi connectivity index (χ4n) is 3.98. The second kappa shape index (κ2) is 11.2. The van der Waals surface area contributed by atoms with Crippen molar-refractivity contribution in [1.82, 2.24) is 0 Å². The van der Waals surface area contributed by atoms with E-state index in [4.69, 9.17) is 0 Å². The highest BCUT2D eigenvalue weighted by atomic mass is 32.2. The molecular formula is C30H38O2S2. The minimum absolute atomic E-state index is 0.141. The molecule has 0 fully saturated rings. The summed E-state index contributed by atoms with van der Waals surface area (Å²) in [5.41, 5.74) is 2.52. The fourth-order valence-corrected chi connectivity index (χ4v) is 6.67. The molecule has 3 rings (SSSR count). The Morgan fingerprint density at radius 2 is 1.35 bits per heavy atom. The van der Waals surface area contributed by atoms with E-state index in [1.807, 2.05) is 23.1 Å². The number of rotatable bonds is 8. The lowest BCUT2D eigenvalue weighted by Crippen LogP contribution is -2.29. The van der Waals surface area contributed by atoms with E-state index in [-0.39, 0.29) is 11.5 Å². The lowest BCUT2D eigenvalue weighted by Gasteiger charge is -2.29. The predicted molar refractivity (Wildman–Crippen MR) is 148 cm³/mol. The van der Waals surface area contributed by atoms with Crippen molar-refractivity contribution in [3.8, 4) is 0 Å². The van der Waals surface area contributed by atoms with Crippen molar-refractivity contribution in [3.05, 3.63) is 78.0 Å². The average molecular weight is 495 g/mol. The first kappa shape index (κ1) is 26.7. The van der Waals surface area contributed by atoms with Crippen LogP contribution in [0.1, 0.15) is 95.4 Å². The number of ketones is 1. The summed E-state index contributed by atoms with van der Waals surface area (Å²) in [6.07, 6.45) is 9.89.